The van der Waals surface area contributed by atoms with Crippen molar-refractivity contribution in [2.45, 2.75) is 13.5 Å². The number of carbonyl (C=O) groups excluding carboxylic acids is 1. The van der Waals surface area contributed by atoms with E-state index in [1.807, 2.05) is 60.7 Å². The molecule has 0 fully saturated rings. The van der Waals surface area contributed by atoms with Gasteiger partial charge in [-0.25, -0.2) is 14.8 Å². The molecule has 0 saturated heterocycles. The first kappa shape index (κ1) is 20.3. The second-order valence-corrected chi connectivity index (χ2v) is 6.20. The number of anilines is 2. The molecule has 7 heteroatoms. The minimum absolute atomic E-state index is 0.0975. The highest BCUT2D eigenvalue weighted by molar-refractivity contribution is 6.00. The van der Waals surface area contributed by atoms with Gasteiger partial charge < -0.3 is 20.5 Å². The molecular formula is C22H24N4O3. The highest BCUT2D eigenvalue weighted by Crippen LogP contribution is 2.27. The first-order chi connectivity index (χ1) is 14.2. The monoisotopic (exact) mass is 392 g/mol. The van der Waals surface area contributed by atoms with Gasteiger partial charge in [0.25, 0.3) is 0 Å². The van der Waals surface area contributed by atoms with Gasteiger partial charge in [0, 0.05) is 18.7 Å². The first-order valence-electron chi connectivity index (χ1n) is 9.50. The zero-order chi connectivity index (χ0) is 20.5. The summed E-state index contributed by atoms with van der Waals surface area (Å²) in [5, 5.41) is 15.5. The van der Waals surface area contributed by atoms with E-state index < -0.39 is 5.97 Å². The molecule has 0 atom stereocenters. The molecule has 2 aromatic carbocycles. The number of ether oxygens (including phenoxy) is 1. The van der Waals surface area contributed by atoms with Crippen LogP contribution in [-0.2, 0) is 11.3 Å². The van der Waals surface area contributed by atoms with Crippen molar-refractivity contribution >= 4 is 17.6 Å². The van der Waals surface area contributed by atoms with E-state index >= 15 is 0 Å². The SMILES string of the molecule is CCOC(=O)c1c(NCCO)nc(-c2ccccc2)nc1NCc1ccccc1. The van der Waals surface area contributed by atoms with E-state index in [2.05, 4.69) is 20.6 Å². The molecule has 0 aliphatic rings. The lowest BCUT2D eigenvalue weighted by atomic mass is 10.2. The second-order valence-electron chi connectivity index (χ2n) is 6.20. The van der Waals surface area contributed by atoms with Crippen LogP contribution in [0.4, 0.5) is 11.6 Å². The third-order valence-corrected chi connectivity index (χ3v) is 4.13. The van der Waals surface area contributed by atoms with Gasteiger partial charge in [-0.1, -0.05) is 60.7 Å². The van der Waals surface area contributed by atoms with E-state index in [-0.39, 0.29) is 25.3 Å². The number of hydrogen-bond donors (Lipinski definition) is 3. The van der Waals surface area contributed by atoms with Gasteiger partial charge in [0.1, 0.15) is 17.2 Å². The quantitative estimate of drug-likeness (QED) is 0.481. The summed E-state index contributed by atoms with van der Waals surface area (Å²) in [5.74, 6) is 0.640. The number of aliphatic hydroxyl groups excluding tert-OH is 1. The Morgan fingerprint density at radius 2 is 1.59 bits per heavy atom. The van der Waals surface area contributed by atoms with Crippen LogP contribution in [-0.4, -0.2) is 40.8 Å². The van der Waals surface area contributed by atoms with Crippen molar-refractivity contribution in [1.29, 1.82) is 0 Å². The predicted molar refractivity (Wildman–Crippen MR) is 113 cm³/mol. The van der Waals surface area contributed by atoms with E-state index in [1.165, 1.54) is 0 Å². The maximum atomic E-state index is 12.7. The van der Waals surface area contributed by atoms with Crippen molar-refractivity contribution in [3.63, 3.8) is 0 Å². The summed E-state index contributed by atoms with van der Waals surface area (Å²) in [7, 11) is 0. The summed E-state index contributed by atoms with van der Waals surface area (Å²) in [5.41, 5.74) is 2.08. The molecule has 0 spiro atoms. The smallest absolute Gasteiger partial charge is 0.345 e. The van der Waals surface area contributed by atoms with Crippen LogP contribution < -0.4 is 10.6 Å². The topological polar surface area (TPSA) is 96.4 Å². The average Bonchev–Trinajstić information content (AvgIpc) is 2.77. The summed E-state index contributed by atoms with van der Waals surface area (Å²) < 4.78 is 5.23. The third-order valence-electron chi connectivity index (χ3n) is 4.13. The number of rotatable bonds is 9. The Balaban J connectivity index is 2.05. The maximum absolute atomic E-state index is 12.7. The summed E-state index contributed by atoms with van der Waals surface area (Å²) >= 11 is 0. The van der Waals surface area contributed by atoms with E-state index in [9.17, 15) is 9.90 Å². The molecule has 0 unspecified atom stereocenters. The number of aromatic nitrogens is 2. The van der Waals surface area contributed by atoms with Crippen LogP contribution in [0.5, 0.6) is 0 Å². The molecule has 3 N–H and O–H groups in total. The van der Waals surface area contributed by atoms with Gasteiger partial charge >= 0.3 is 5.97 Å². The van der Waals surface area contributed by atoms with E-state index in [1.54, 1.807) is 6.92 Å². The van der Waals surface area contributed by atoms with Gasteiger partial charge in [-0.15, -0.1) is 0 Å². The van der Waals surface area contributed by atoms with Crippen molar-refractivity contribution in [3.05, 3.63) is 71.8 Å². The van der Waals surface area contributed by atoms with Gasteiger partial charge in [-0.2, -0.15) is 0 Å². The Morgan fingerprint density at radius 1 is 0.966 bits per heavy atom. The van der Waals surface area contributed by atoms with Gasteiger partial charge in [0.15, 0.2) is 5.82 Å². The third kappa shape index (κ3) is 5.30. The molecule has 0 amide bonds. The van der Waals surface area contributed by atoms with Crippen LogP contribution in [0.15, 0.2) is 60.7 Å². The van der Waals surface area contributed by atoms with Gasteiger partial charge in [-0.3, -0.25) is 0 Å². The van der Waals surface area contributed by atoms with Gasteiger partial charge in [0.05, 0.1) is 13.2 Å². The lowest BCUT2D eigenvalue weighted by Gasteiger charge is -2.16. The van der Waals surface area contributed by atoms with E-state index in [4.69, 9.17) is 4.74 Å². The largest absolute Gasteiger partial charge is 0.462 e. The van der Waals surface area contributed by atoms with Crippen molar-refractivity contribution in [3.8, 4) is 11.4 Å². The Bertz CT molecular complexity index is 934. The fourth-order valence-corrected chi connectivity index (χ4v) is 2.79. The number of benzene rings is 2. The molecule has 3 aromatic rings. The molecule has 0 bridgehead atoms. The van der Waals surface area contributed by atoms with Crippen molar-refractivity contribution in [2.75, 3.05) is 30.4 Å². The van der Waals surface area contributed by atoms with Crippen molar-refractivity contribution < 1.29 is 14.6 Å². The summed E-state index contributed by atoms with van der Waals surface area (Å²) in [6.07, 6.45) is 0. The molecule has 1 aromatic heterocycles. The zero-order valence-electron chi connectivity index (χ0n) is 16.3. The molecule has 0 aliphatic carbocycles. The van der Waals surface area contributed by atoms with E-state index in [0.29, 0.717) is 24.0 Å². The number of aliphatic hydroxyl groups is 1. The van der Waals surface area contributed by atoms with Crippen LogP contribution in [0.2, 0.25) is 0 Å². The fourth-order valence-electron chi connectivity index (χ4n) is 2.79. The Kier molecular flexibility index (Phi) is 7.13. The number of hydrogen-bond acceptors (Lipinski definition) is 7. The minimum Gasteiger partial charge on any atom is -0.462 e. The van der Waals surface area contributed by atoms with Crippen LogP contribution in [0.1, 0.15) is 22.8 Å². The predicted octanol–water partition coefficient (Wildman–Crippen LogP) is 3.34. The molecule has 29 heavy (non-hydrogen) atoms. The molecular weight excluding hydrogens is 368 g/mol. The van der Waals surface area contributed by atoms with Crippen LogP contribution >= 0.6 is 0 Å². The number of carbonyl (C=O) groups is 1. The summed E-state index contributed by atoms with van der Waals surface area (Å²) in [6, 6.07) is 19.3. The van der Waals surface area contributed by atoms with Crippen molar-refractivity contribution in [1.82, 2.24) is 9.97 Å². The number of esters is 1. The average molecular weight is 392 g/mol. The minimum atomic E-state index is -0.525. The number of nitrogens with one attached hydrogen (secondary N) is 2. The molecule has 0 saturated carbocycles. The molecule has 1 heterocycles. The standard InChI is InChI=1S/C22H24N4O3/c1-2-29-22(28)18-20(23-13-14-27)25-19(17-11-7-4-8-12-17)26-21(18)24-15-16-9-5-3-6-10-16/h3-12,27H,2,13-15H2,1H3,(H2,23,24,25,26). The lowest BCUT2D eigenvalue weighted by Crippen LogP contribution is -2.18. The first-order valence-corrected chi connectivity index (χ1v) is 9.50. The van der Waals surface area contributed by atoms with Crippen LogP contribution in [0.3, 0.4) is 0 Å². The van der Waals surface area contributed by atoms with Gasteiger partial charge in [0.2, 0.25) is 0 Å². The van der Waals surface area contributed by atoms with Crippen LogP contribution in [0, 0.1) is 0 Å². The summed E-state index contributed by atoms with van der Waals surface area (Å²) in [4.78, 5) is 21.8. The number of nitrogens with zero attached hydrogens (tertiary/aromatic N) is 2. The highest BCUT2D eigenvalue weighted by atomic mass is 16.5. The Morgan fingerprint density at radius 3 is 2.21 bits per heavy atom. The Hall–Kier alpha value is -3.45. The lowest BCUT2D eigenvalue weighted by molar-refractivity contribution is 0.0527. The Labute approximate surface area is 169 Å². The second kappa shape index (κ2) is 10.2. The normalized spacial score (nSPS) is 10.4. The molecule has 7 nitrogen and oxygen atoms in total. The summed E-state index contributed by atoms with van der Waals surface area (Å²) in [6.45, 7) is 2.61. The molecule has 3 rings (SSSR count). The molecule has 0 aliphatic heterocycles. The van der Waals surface area contributed by atoms with Crippen molar-refractivity contribution in [2.24, 2.45) is 0 Å². The highest BCUT2D eigenvalue weighted by Gasteiger charge is 2.23. The molecule has 0 radical (unpaired) electrons. The maximum Gasteiger partial charge on any atom is 0.345 e. The zero-order valence-corrected chi connectivity index (χ0v) is 16.3. The van der Waals surface area contributed by atoms with E-state index in [0.717, 1.165) is 11.1 Å². The fraction of sp³-hybridized carbons (Fsp3) is 0.227. The molecule has 150 valence electrons. The van der Waals surface area contributed by atoms with Gasteiger partial charge in [-0.05, 0) is 12.5 Å². The van der Waals surface area contributed by atoms with Crippen LogP contribution in [0.25, 0.3) is 11.4 Å².